The molecule has 1 aliphatic heterocycles. The molecule has 0 spiro atoms. The maximum Gasteiger partial charge on any atom is 0.332 e. The molecule has 0 bridgehead atoms. The van der Waals surface area contributed by atoms with Gasteiger partial charge in [0.2, 0.25) is 0 Å². The number of carbonyl (C=O) groups excluding carboxylic acids is 2. The Morgan fingerprint density at radius 3 is 2.69 bits per heavy atom. The highest BCUT2D eigenvalue weighted by atomic mass is 35.5. The standard InChI is InChI=1S/C9H8ClN3O2.ClH/c10-8(14)13-5-4-12(9(13)15)7-2-1-3-11-6-7;/h1-3,6H,4-5H2;1H. The summed E-state index contributed by atoms with van der Waals surface area (Å²) in [6.45, 7) is 0.763. The third-order valence-corrected chi connectivity index (χ3v) is 2.38. The van der Waals surface area contributed by atoms with Crippen LogP contribution in [0.4, 0.5) is 15.3 Å². The van der Waals surface area contributed by atoms with Crippen LogP contribution in [0.2, 0.25) is 0 Å². The summed E-state index contributed by atoms with van der Waals surface area (Å²) in [5.41, 5.74) is 0.669. The molecule has 7 heteroatoms. The third kappa shape index (κ3) is 2.25. The highest BCUT2D eigenvalue weighted by Crippen LogP contribution is 2.19. The zero-order chi connectivity index (χ0) is 10.8. The van der Waals surface area contributed by atoms with Crippen molar-refractivity contribution in [2.45, 2.75) is 0 Å². The molecular formula is C9H9Cl2N3O2. The van der Waals surface area contributed by atoms with Gasteiger partial charge in [0.05, 0.1) is 11.9 Å². The third-order valence-electron chi connectivity index (χ3n) is 2.18. The minimum absolute atomic E-state index is 0. The summed E-state index contributed by atoms with van der Waals surface area (Å²) in [6, 6.07) is 3.09. The number of aromatic nitrogens is 1. The number of hydrogen-bond donors (Lipinski definition) is 0. The van der Waals surface area contributed by atoms with E-state index < -0.39 is 11.4 Å². The molecular weight excluding hydrogens is 253 g/mol. The first-order chi connectivity index (χ1) is 7.20. The molecule has 1 fully saturated rings. The van der Waals surface area contributed by atoms with Crippen LogP contribution in [0.25, 0.3) is 0 Å². The second-order valence-electron chi connectivity index (χ2n) is 3.05. The minimum atomic E-state index is -0.744. The van der Waals surface area contributed by atoms with E-state index in [2.05, 4.69) is 4.98 Å². The molecule has 0 saturated carbocycles. The van der Waals surface area contributed by atoms with E-state index >= 15 is 0 Å². The maximum absolute atomic E-state index is 11.7. The van der Waals surface area contributed by atoms with Crippen LogP contribution < -0.4 is 4.90 Å². The smallest absolute Gasteiger partial charge is 0.291 e. The topological polar surface area (TPSA) is 53.5 Å². The number of halogens is 2. The van der Waals surface area contributed by atoms with Gasteiger partial charge < -0.3 is 0 Å². The molecule has 3 amide bonds. The average molecular weight is 262 g/mol. The van der Waals surface area contributed by atoms with Gasteiger partial charge in [0, 0.05) is 19.3 Å². The Morgan fingerprint density at radius 1 is 1.44 bits per heavy atom. The van der Waals surface area contributed by atoms with Crippen LogP contribution in [0.15, 0.2) is 24.5 Å². The van der Waals surface area contributed by atoms with Gasteiger partial charge in [-0.25, -0.2) is 9.69 Å². The van der Waals surface area contributed by atoms with Gasteiger partial charge in [0.1, 0.15) is 0 Å². The monoisotopic (exact) mass is 261 g/mol. The van der Waals surface area contributed by atoms with Crippen LogP contribution in [0.3, 0.4) is 0 Å². The molecule has 0 atom stereocenters. The first kappa shape index (κ1) is 12.7. The van der Waals surface area contributed by atoms with E-state index in [4.69, 9.17) is 11.6 Å². The summed E-state index contributed by atoms with van der Waals surface area (Å²) >= 11 is 5.26. The van der Waals surface area contributed by atoms with Gasteiger partial charge in [-0.15, -0.1) is 12.4 Å². The molecule has 0 aliphatic carbocycles. The van der Waals surface area contributed by atoms with Gasteiger partial charge in [-0.2, -0.15) is 0 Å². The first-order valence-corrected chi connectivity index (χ1v) is 4.76. The van der Waals surface area contributed by atoms with E-state index in [1.807, 2.05) is 0 Å². The van der Waals surface area contributed by atoms with Crippen molar-refractivity contribution in [3.05, 3.63) is 24.5 Å². The van der Waals surface area contributed by atoms with Crippen molar-refractivity contribution in [1.29, 1.82) is 0 Å². The maximum atomic E-state index is 11.7. The van der Waals surface area contributed by atoms with Crippen LogP contribution in [0.1, 0.15) is 0 Å². The molecule has 1 aromatic heterocycles. The molecule has 0 N–H and O–H groups in total. The Balaban J connectivity index is 0.00000128. The number of amides is 3. The van der Waals surface area contributed by atoms with Crippen molar-refractivity contribution in [3.63, 3.8) is 0 Å². The van der Waals surface area contributed by atoms with Crippen molar-refractivity contribution in [3.8, 4) is 0 Å². The van der Waals surface area contributed by atoms with Crippen LogP contribution in [0.5, 0.6) is 0 Å². The molecule has 2 rings (SSSR count). The van der Waals surface area contributed by atoms with Crippen LogP contribution >= 0.6 is 24.0 Å². The van der Waals surface area contributed by atoms with Gasteiger partial charge >= 0.3 is 11.4 Å². The summed E-state index contributed by atoms with van der Waals surface area (Å²) in [5.74, 6) is 0. The van der Waals surface area contributed by atoms with Crippen LogP contribution in [0, 0.1) is 0 Å². The van der Waals surface area contributed by atoms with E-state index in [0.29, 0.717) is 18.8 Å². The van der Waals surface area contributed by atoms with Crippen molar-refractivity contribution >= 4 is 41.1 Å². The van der Waals surface area contributed by atoms with Crippen molar-refractivity contribution in [1.82, 2.24) is 9.88 Å². The minimum Gasteiger partial charge on any atom is -0.291 e. The Hall–Kier alpha value is -1.33. The molecule has 16 heavy (non-hydrogen) atoms. The Labute approximate surface area is 103 Å². The number of urea groups is 1. The Morgan fingerprint density at radius 2 is 2.19 bits per heavy atom. The highest BCUT2D eigenvalue weighted by molar-refractivity contribution is 6.64. The molecule has 1 saturated heterocycles. The van der Waals surface area contributed by atoms with Crippen LogP contribution in [-0.2, 0) is 0 Å². The molecule has 0 radical (unpaired) electrons. The molecule has 0 unspecified atom stereocenters. The van der Waals surface area contributed by atoms with Crippen molar-refractivity contribution in [2.24, 2.45) is 0 Å². The molecule has 1 aliphatic rings. The first-order valence-electron chi connectivity index (χ1n) is 4.38. The number of nitrogens with zero attached hydrogens (tertiary/aromatic N) is 3. The highest BCUT2D eigenvalue weighted by Gasteiger charge is 2.33. The number of pyridine rings is 1. The summed E-state index contributed by atoms with van der Waals surface area (Å²) in [7, 11) is 0. The van der Waals surface area contributed by atoms with E-state index in [9.17, 15) is 9.59 Å². The average Bonchev–Trinajstić information content (AvgIpc) is 2.61. The Kier molecular flexibility index (Phi) is 4.09. The lowest BCUT2D eigenvalue weighted by atomic mass is 10.4. The summed E-state index contributed by atoms with van der Waals surface area (Å²) < 4.78 is 0. The van der Waals surface area contributed by atoms with Gasteiger partial charge in [-0.3, -0.25) is 14.7 Å². The zero-order valence-electron chi connectivity index (χ0n) is 8.17. The second kappa shape index (κ2) is 5.14. The van der Waals surface area contributed by atoms with Gasteiger partial charge in [-0.1, -0.05) is 0 Å². The lowest BCUT2D eigenvalue weighted by molar-refractivity contribution is 0.215. The van der Waals surface area contributed by atoms with Crippen LogP contribution in [-0.4, -0.2) is 34.4 Å². The summed E-state index contributed by atoms with van der Waals surface area (Å²) in [5, 5.41) is -0.744. The second-order valence-corrected chi connectivity index (χ2v) is 3.37. The number of hydrogen-bond acceptors (Lipinski definition) is 3. The molecule has 1 aromatic rings. The van der Waals surface area contributed by atoms with Crippen molar-refractivity contribution in [2.75, 3.05) is 18.0 Å². The predicted octanol–water partition coefficient (Wildman–Crippen LogP) is 2.10. The fourth-order valence-corrected chi connectivity index (χ4v) is 1.61. The van der Waals surface area contributed by atoms with Gasteiger partial charge in [-0.05, 0) is 23.7 Å². The fraction of sp³-hybridized carbons (Fsp3) is 0.222. The molecule has 5 nitrogen and oxygen atoms in total. The number of rotatable bonds is 1. The molecule has 86 valence electrons. The SMILES string of the molecule is Cl.O=C(Cl)N1CCN(c2cccnc2)C1=O. The van der Waals surface area contributed by atoms with E-state index in [1.54, 1.807) is 24.5 Å². The largest absolute Gasteiger partial charge is 0.332 e. The summed E-state index contributed by atoms with van der Waals surface area (Å²) in [4.78, 5) is 28.9. The fourth-order valence-electron chi connectivity index (χ4n) is 1.45. The van der Waals surface area contributed by atoms with E-state index in [-0.39, 0.29) is 12.4 Å². The lowest BCUT2D eigenvalue weighted by Crippen LogP contribution is -2.33. The molecule has 2 heterocycles. The number of carbonyl (C=O) groups is 2. The van der Waals surface area contributed by atoms with Crippen molar-refractivity contribution < 1.29 is 9.59 Å². The normalized spacial score (nSPS) is 14.9. The van der Waals surface area contributed by atoms with E-state index in [1.165, 1.54) is 4.90 Å². The molecule has 0 aromatic carbocycles. The predicted molar refractivity (Wildman–Crippen MR) is 62.2 cm³/mol. The van der Waals surface area contributed by atoms with E-state index in [0.717, 1.165) is 4.90 Å². The van der Waals surface area contributed by atoms with Gasteiger partial charge in [0.15, 0.2) is 0 Å². The number of imide groups is 1. The number of anilines is 1. The quantitative estimate of drug-likeness (QED) is 0.575. The Bertz CT molecular complexity index is 399. The summed E-state index contributed by atoms with van der Waals surface area (Å²) in [6.07, 6.45) is 3.19. The zero-order valence-corrected chi connectivity index (χ0v) is 9.74. The lowest BCUT2D eigenvalue weighted by Gasteiger charge is -2.15. The van der Waals surface area contributed by atoms with Gasteiger partial charge in [0.25, 0.3) is 0 Å².